The normalized spacial score (nSPS) is 23.2. The number of nitrogens with zero attached hydrogens (tertiary/aromatic N) is 3. The van der Waals surface area contributed by atoms with Crippen molar-refractivity contribution in [3.05, 3.63) is 0 Å². The third kappa shape index (κ3) is 6.06. The monoisotopic (exact) mass is 284 g/mol. The fourth-order valence-electron chi connectivity index (χ4n) is 3.00. The highest BCUT2D eigenvalue weighted by Gasteiger charge is 2.17. The summed E-state index contributed by atoms with van der Waals surface area (Å²) in [6, 6.07) is 0. The van der Waals surface area contributed by atoms with Crippen LogP contribution in [0.1, 0.15) is 19.3 Å². The van der Waals surface area contributed by atoms with Gasteiger partial charge in [0.05, 0.1) is 13.2 Å². The van der Waals surface area contributed by atoms with Crippen LogP contribution < -0.4 is 5.73 Å². The number of ether oxygens (including phenoxy) is 1. The van der Waals surface area contributed by atoms with E-state index in [2.05, 4.69) is 14.7 Å². The van der Waals surface area contributed by atoms with Gasteiger partial charge in [-0.25, -0.2) is 0 Å². The van der Waals surface area contributed by atoms with Crippen molar-refractivity contribution in [1.82, 2.24) is 14.7 Å². The van der Waals surface area contributed by atoms with Gasteiger partial charge in [-0.05, 0) is 25.9 Å². The van der Waals surface area contributed by atoms with Crippen LogP contribution >= 0.6 is 0 Å². The molecule has 2 aliphatic rings. The summed E-state index contributed by atoms with van der Waals surface area (Å²) in [6.07, 6.45) is 3.78. The summed E-state index contributed by atoms with van der Waals surface area (Å²) in [5, 5.41) is 0. The van der Waals surface area contributed by atoms with Crippen LogP contribution in [0.5, 0.6) is 0 Å². The molecule has 5 nitrogen and oxygen atoms in total. The van der Waals surface area contributed by atoms with E-state index < -0.39 is 0 Å². The summed E-state index contributed by atoms with van der Waals surface area (Å²) in [4.78, 5) is 7.76. The molecule has 20 heavy (non-hydrogen) atoms. The third-order valence-corrected chi connectivity index (χ3v) is 4.48. The molecule has 0 bridgehead atoms. The van der Waals surface area contributed by atoms with E-state index in [0.29, 0.717) is 0 Å². The van der Waals surface area contributed by atoms with E-state index in [0.717, 1.165) is 32.8 Å². The third-order valence-electron chi connectivity index (χ3n) is 4.48. The average molecular weight is 284 g/mol. The zero-order valence-electron chi connectivity index (χ0n) is 12.9. The van der Waals surface area contributed by atoms with E-state index >= 15 is 0 Å². The van der Waals surface area contributed by atoms with Gasteiger partial charge in [0.15, 0.2) is 0 Å². The van der Waals surface area contributed by atoms with Crippen LogP contribution in [-0.2, 0) is 4.74 Å². The van der Waals surface area contributed by atoms with Gasteiger partial charge in [0.1, 0.15) is 0 Å². The van der Waals surface area contributed by atoms with E-state index in [-0.39, 0.29) is 0 Å². The Bertz CT molecular complexity index is 238. The molecule has 0 amide bonds. The summed E-state index contributed by atoms with van der Waals surface area (Å²) < 4.78 is 5.39. The number of rotatable bonds is 8. The quantitative estimate of drug-likeness (QED) is 0.639. The minimum absolute atomic E-state index is 0.843. The highest BCUT2D eigenvalue weighted by atomic mass is 16.5. The van der Waals surface area contributed by atoms with Crippen LogP contribution in [0.4, 0.5) is 0 Å². The molecule has 0 aromatic carbocycles. The molecule has 0 radical (unpaired) electrons. The topological polar surface area (TPSA) is 45.0 Å². The molecular weight excluding hydrogens is 252 g/mol. The number of piperazine rings is 1. The van der Waals surface area contributed by atoms with Gasteiger partial charge in [-0.1, -0.05) is 6.42 Å². The van der Waals surface area contributed by atoms with Gasteiger partial charge in [-0.2, -0.15) is 0 Å². The van der Waals surface area contributed by atoms with Gasteiger partial charge in [0.2, 0.25) is 0 Å². The van der Waals surface area contributed by atoms with E-state index in [1.165, 1.54) is 65.1 Å². The first kappa shape index (κ1) is 16.2. The van der Waals surface area contributed by atoms with Crippen molar-refractivity contribution in [2.24, 2.45) is 5.73 Å². The maximum Gasteiger partial charge on any atom is 0.0594 e. The van der Waals surface area contributed by atoms with E-state index in [9.17, 15) is 0 Å². The van der Waals surface area contributed by atoms with Crippen molar-refractivity contribution in [3.8, 4) is 0 Å². The summed E-state index contributed by atoms with van der Waals surface area (Å²) in [6.45, 7) is 13.5. The summed E-state index contributed by atoms with van der Waals surface area (Å²) >= 11 is 0. The van der Waals surface area contributed by atoms with E-state index in [1.54, 1.807) is 0 Å². The van der Waals surface area contributed by atoms with Gasteiger partial charge < -0.3 is 15.4 Å². The van der Waals surface area contributed by atoms with E-state index in [1.807, 2.05) is 0 Å². The first-order valence-electron chi connectivity index (χ1n) is 8.33. The summed E-state index contributed by atoms with van der Waals surface area (Å²) in [5.74, 6) is 0. The number of morpholine rings is 1. The largest absolute Gasteiger partial charge is 0.379 e. The van der Waals surface area contributed by atoms with Crippen molar-refractivity contribution in [1.29, 1.82) is 0 Å². The highest BCUT2D eigenvalue weighted by molar-refractivity contribution is 4.73. The Morgan fingerprint density at radius 3 is 1.80 bits per heavy atom. The van der Waals surface area contributed by atoms with Crippen LogP contribution in [0.25, 0.3) is 0 Å². The zero-order valence-corrected chi connectivity index (χ0v) is 12.9. The molecule has 2 saturated heterocycles. The number of unbranched alkanes of at least 4 members (excludes halogenated alkanes) is 2. The summed E-state index contributed by atoms with van der Waals surface area (Å²) in [5.41, 5.74) is 5.53. The fraction of sp³-hybridized carbons (Fsp3) is 1.00. The summed E-state index contributed by atoms with van der Waals surface area (Å²) in [7, 11) is 0. The molecule has 0 saturated carbocycles. The second kappa shape index (κ2) is 9.68. The van der Waals surface area contributed by atoms with Crippen molar-refractivity contribution >= 4 is 0 Å². The van der Waals surface area contributed by atoms with Gasteiger partial charge in [-0.3, -0.25) is 9.80 Å². The van der Waals surface area contributed by atoms with Crippen LogP contribution in [0.15, 0.2) is 0 Å². The minimum atomic E-state index is 0.843. The first-order valence-corrected chi connectivity index (χ1v) is 8.33. The number of hydrogen-bond acceptors (Lipinski definition) is 5. The lowest BCUT2D eigenvalue weighted by atomic mass is 10.2. The molecule has 2 N–H and O–H groups in total. The lowest BCUT2D eigenvalue weighted by Gasteiger charge is -2.36. The van der Waals surface area contributed by atoms with Gasteiger partial charge >= 0.3 is 0 Å². The van der Waals surface area contributed by atoms with Gasteiger partial charge in [0.25, 0.3) is 0 Å². The fourth-order valence-corrected chi connectivity index (χ4v) is 3.00. The predicted octanol–water partition coefficient (Wildman–Crippen LogP) is 0.0652. The molecule has 0 atom stereocenters. The Hall–Kier alpha value is -0.200. The van der Waals surface area contributed by atoms with Gasteiger partial charge in [-0.15, -0.1) is 0 Å². The second-order valence-corrected chi connectivity index (χ2v) is 5.99. The molecule has 0 aromatic heterocycles. The zero-order chi connectivity index (χ0) is 14.0. The average Bonchev–Trinajstić information content (AvgIpc) is 2.52. The van der Waals surface area contributed by atoms with Crippen molar-refractivity contribution in [2.75, 3.05) is 78.7 Å². The molecule has 2 fully saturated rings. The molecule has 0 aliphatic carbocycles. The molecule has 0 spiro atoms. The standard InChI is InChI=1S/C15H32N4O/c16-4-2-1-3-5-17-6-8-18(9-7-17)10-11-19-12-14-20-15-13-19/h1-16H2. The Morgan fingerprint density at radius 1 is 0.650 bits per heavy atom. The Balaban J connectivity index is 1.50. The second-order valence-electron chi connectivity index (χ2n) is 5.99. The maximum absolute atomic E-state index is 5.53. The number of hydrogen-bond donors (Lipinski definition) is 1. The van der Waals surface area contributed by atoms with Crippen LogP contribution in [0.3, 0.4) is 0 Å². The molecule has 0 aromatic rings. The van der Waals surface area contributed by atoms with Crippen LogP contribution in [-0.4, -0.2) is 93.4 Å². The maximum atomic E-state index is 5.53. The molecule has 2 rings (SSSR count). The molecular formula is C15H32N4O. The molecule has 2 aliphatic heterocycles. The minimum Gasteiger partial charge on any atom is -0.379 e. The Kier molecular flexibility index (Phi) is 7.83. The van der Waals surface area contributed by atoms with Crippen molar-refractivity contribution in [3.63, 3.8) is 0 Å². The Morgan fingerprint density at radius 2 is 1.20 bits per heavy atom. The predicted molar refractivity (Wildman–Crippen MR) is 83.0 cm³/mol. The Labute approximate surface area is 124 Å². The first-order chi connectivity index (χ1) is 9.88. The highest BCUT2D eigenvalue weighted by Crippen LogP contribution is 2.05. The van der Waals surface area contributed by atoms with Crippen molar-refractivity contribution < 1.29 is 4.74 Å². The van der Waals surface area contributed by atoms with Crippen LogP contribution in [0, 0.1) is 0 Å². The lowest BCUT2D eigenvalue weighted by molar-refractivity contribution is 0.0299. The SMILES string of the molecule is NCCCCCN1CCN(CCN2CCOCC2)CC1. The van der Waals surface area contributed by atoms with E-state index in [4.69, 9.17) is 10.5 Å². The smallest absolute Gasteiger partial charge is 0.0594 e. The van der Waals surface area contributed by atoms with Crippen LogP contribution in [0.2, 0.25) is 0 Å². The molecule has 0 unspecified atom stereocenters. The molecule has 5 heteroatoms. The lowest BCUT2D eigenvalue weighted by Crippen LogP contribution is -2.49. The molecule has 2 heterocycles. The van der Waals surface area contributed by atoms with Gasteiger partial charge in [0, 0.05) is 52.4 Å². The number of nitrogens with two attached hydrogens (primary N) is 1. The molecule has 118 valence electrons. The van der Waals surface area contributed by atoms with Crippen molar-refractivity contribution in [2.45, 2.75) is 19.3 Å².